The molecule has 8 atom stereocenters. The predicted octanol–water partition coefficient (Wildman–Crippen LogP) is 9.02. The summed E-state index contributed by atoms with van der Waals surface area (Å²) in [7, 11) is 0. The highest BCUT2D eigenvalue weighted by Crippen LogP contribution is 2.75. The van der Waals surface area contributed by atoms with Crippen molar-refractivity contribution in [3.8, 4) is 11.5 Å². The van der Waals surface area contributed by atoms with Crippen molar-refractivity contribution in [1.82, 2.24) is 0 Å². The Morgan fingerprint density at radius 1 is 0.886 bits per heavy atom. The Kier molecular flexibility index (Phi) is 7.30. The molecule has 0 bridgehead atoms. The molecule has 0 heterocycles. The molecule has 6 rings (SSSR count). The number of carbonyl (C=O) groups is 2. The van der Waals surface area contributed by atoms with Crippen LogP contribution in [0.2, 0.25) is 0 Å². The van der Waals surface area contributed by atoms with E-state index in [2.05, 4.69) is 54.5 Å². The molecule has 0 aliphatic heterocycles. The number of carbonyl (C=O) groups excluding carboxylic acids is 2. The van der Waals surface area contributed by atoms with Crippen LogP contribution in [0.5, 0.6) is 11.5 Å². The Hall–Kier alpha value is -2.56. The summed E-state index contributed by atoms with van der Waals surface area (Å²) in [5, 5.41) is 19.4. The molecule has 4 saturated carbocycles. The zero-order valence-corrected chi connectivity index (χ0v) is 28.0. The monoisotopic (exact) mass is 602 g/mol. The van der Waals surface area contributed by atoms with E-state index in [0.29, 0.717) is 23.3 Å². The first-order valence-corrected chi connectivity index (χ1v) is 17.1. The average molecular weight is 603 g/mol. The molecule has 4 fully saturated rings. The smallest absolute Gasteiger partial charge is 0.331 e. The number of phenols is 2. The zero-order chi connectivity index (χ0) is 31.9. The van der Waals surface area contributed by atoms with Gasteiger partial charge in [-0.15, -0.1) is 0 Å². The van der Waals surface area contributed by atoms with E-state index in [1.807, 2.05) is 0 Å². The number of benzene rings is 1. The number of ether oxygens (including phenoxy) is 1. The minimum atomic E-state index is -0.367. The van der Waals surface area contributed by atoms with Crippen molar-refractivity contribution >= 4 is 18.3 Å². The van der Waals surface area contributed by atoms with E-state index in [1.165, 1.54) is 30.9 Å². The third kappa shape index (κ3) is 4.53. The standard InChI is InChI=1S/C39H54O5/c1-34(2)18-20-39(24-40)21-19-37(6)26(27(39)23-34)10-12-31-36(5)16-15-32(35(3,4)30(36)14-17-38(31,37)7)44-33(43)13-9-25-8-11-28(41)29(42)22-25/h8-11,13,22,24,27,30-32,41-42H,12,14-21,23H2,1-7H3. The lowest BCUT2D eigenvalue weighted by Crippen LogP contribution is -2.65. The van der Waals surface area contributed by atoms with Crippen LogP contribution >= 0.6 is 0 Å². The van der Waals surface area contributed by atoms with Gasteiger partial charge in [0.25, 0.3) is 0 Å². The highest BCUT2D eigenvalue weighted by Gasteiger charge is 2.68. The van der Waals surface area contributed by atoms with E-state index in [-0.39, 0.29) is 56.1 Å². The topological polar surface area (TPSA) is 83.8 Å². The van der Waals surface area contributed by atoms with E-state index in [1.54, 1.807) is 17.7 Å². The van der Waals surface area contributed by atoms with E-state index < -0.39 is 0 Å². The number of aromatic hydroxyl groups is 2. The second-order valence-electron chi connectivity index (χ2n) is 17.4. The third-order valence-electron chi connectivity index (χ3n) is 14.5. The van der Waals surface area contributed by atoms with Crippen molar-refractivity contribution < 1.29 is 24.5 Å². The lowest BCUT2D eigenvalue weighted by Gasteiger charge is -2.71. The summed E-state index contributed by atoms with van der Waals surface area (Å²) in [4.78, 5) is 25.7. The van der Waals surface area contributed by atoms with Crippen molar-refractivity contribution in [1.29, 1.82) is 0 Å². The molecular formula is C39H54O5. The van der Waals surface area contributed by atoms with Crippen LogP contribution in [-0.2, 0) is 14.3 Å². The number of phenolic OH excluding ortho intramolecular Hbond substituents is 2. The SMILES string of the molecule is CC1(C)CCC2(C=O)CCC3(C)C(=CCC4C5(C)CCC(OC(=O)C=Cc6ccc(O)c(O)c6)C(C)(C)C5CCC43C)C2C1. The molecule has 0 radical (unpaired) electrons. The molecule has 0 saturated heterocycles. The van der Waals surface area contributed by atoms with E-state index in [4.69, 9.17) is 4.74 Å². The molecule has 240 valence electrons. The molecule has 0 amide bonds. The van der Waals surface area contributed by atoms with Gasteiger partial charge in [-0.25, -0.2) is 4.79 Å². The van der Waals surface area contributed by atoms with Crippen LogP contribution in [0.3, 0.4) is 0 Å². The molecule has 5 aliphatic carbocycles. The van der Waals surface area contributed by atoms with Gasteiger partial charge in [-0.05, 0) is 127 Å². The lowest BCUT2D eigenvalue weighted by atomic mass is 9.33. The molecule has 5 nitrogen and oxygen atoms in total. The first kappa shape index (κ1) is 31.4. The largest absolute Gasteiger partial charge is 0.504 e. The fraction of sp³-hybridized carbons (Fsp3) is 0.692. The summed E-state index contributed by atoms with van der Waals surface area (Å²) in [5.41, 5.74) is 2.61. The van der Waals surface area contributed by atoms with Crippen LogP contribution in [0, 0.1) is 50.2 Å². The van der Waals surface area contributed by atoms with Gasteiger partial charge < -0.3 is 19.7 Å². The number of allylic oxidation sites excluding steroid dienone is 2. The van der Waals surface area contributed by atoms with Crippen LogP contribution < -0.4 is 0 Å². The molecule has 5 aliphatic rings. The maximum Gasteiger partial charge on any atom is 0.331 e. The predicted molar refractivity (Wildman–Crippen MR) is 174 cm³/mol. The summed E-state index contributed by atoms with van der Waals surface area (Å²) < 4.78 is 6.16. The number of esters is 1. The first-order chi connectivity index (χ1) is 20.5. The summed E-state index contributed by atoms with van der Waals surface area (Å²) in [6, 6.07) is 4.49. The number of rotatable bonds is 4. The summed E-state index contributed by atoms with van der Waals surface area (Å²) in [6.07, 6.45) is 17.6. The van der Waals surface area contributed by atoms with E-state index >= 15 is 0 Å². The highest BCUT2D eigenvalue weighted by molar-refractivity contribution is 5.87. The van der Waals surface area contributed by atoms with Crippen molar-refractivity contribution in [3.05, 3.63) is 41.5 Å². The molecular weight excluding hydrogens is 548 g/mol. The Morgan fingerprint density at radius 3 is 2.32 bits per heavy atom. The second kappa shape index (κ2) is 10.2. The van der Waals surface area contributed by atoms with E-state index in [9.17, 15) is 19.8 Å². The Labute approximate surface area is 264 Å². The van der Waals surface area contributed by atoms with Crippen LogP contribution in [-0.4, -0.2) is 28.6 Å². The molecule has 2 N–H and O–H groups in total. The van der Waals surface area contributed by atoms with Gasteiger partial charge in [0.2, 0.25) is 0 Å². The van der Waals surface area contributed by atoms with Gasteiger partial charge in [0.1, 0.15) is 12.4 Å². The molecule has 8 unspecified atom stereocenters. The van der Waals surface area contributed by atoms with Gasteiger partial charge in [-0.2, -0.15) is 0 Å². The molecule has 1 aromatic carbocycles. The number of hydrogen-bond donors (Lipinski definition) is 2. The number of hydrogen-bond acceptors (Lipinski definition) is 5. The summed E-state index contributed by atoms with van der Waals surface area (Å²) in [5.74, 6) is 0.609. The van der Waals surface area contributed by atoms with Gasteiger partial charge in [-0.1, -0.05) is 66.2 Å². The van der Waals surface area contributed by atoms with Gasteiger partial charge in [0, 0.05) is 16.9 Å². The minimum Gasteiger partial charge on any atom is -0.504 e. The number of fused-ring (bicyclic) bond motifs is 7. The molecule has 0 aromatic heterocycles. The zero-order valence-electron chi connectivity index (χ0n) is 28.0. The average Bonchev–Trinajstić information content (AvgIpc) is 2.95. The van der Waals surface area contributed by atoms with Crippen molar-refractivity contribution in [2.75, 3.05) is 0 Å². The highest BCUT2D eigenvalue weighted by atomic mass is 16.5. The molecule has 5 heteroatoms. The van der Waals surface area contributed by atoms with Gasteiger partial charge >= 0.3 is 5.97 Å². The lowest BCUT2D eigenvalue weighted by molar-refractivity contribution is -0.210. The van der Waals surface area contributed by atoms with Crippen LogP contribution in [0.1, 0.15) is 118 Å². The fourth-order valence-corrected chi connectivity index (χ4v) is 11.7. The van der Waals surface area contributed by atoms with Gasteiger partial charge in [0.05, 0.1) is 0 Å². The van der Waals surface area contributed by atoms with E-state index in [0.717, 1.165) is 57.8 Å². The Bertz CT molecular complexity index is 1400. The van der Waals surface area contributed by atoms with Crippen LogP contribution in [0.15, 0.2) is 35.9 Å². The Balaban J connectivity index is 1.24. The van der Waals surface area contributed by atoms with Gasteiger partial charge in [0.15, 0.2) is 11.5 Å². The van der Waals surface area contributed by atoms with Crippen molar-refractivity contribution in [3.63, 3.8) is 0 Å². The maximum atomic E-state index is 13.0. The number of aldehydes is 1. The Morgan fingerprint density at radius 2 is 1.61 bits per heavy atom. The summed E-state index contributed by atoms with van der Waals surface area (Å²) >= 11 is 0. The van der Waals surface area contributed by atoms with Crippen LogP contribution in [0.4, 0.5) is 0 Å². The van der Waals surface area contributed by atoms with Crippen LogP contribution in [0.25, 0.3) is 6.08 Å². The minimum absolute atomic E-state index is 0.107. The van der Waals surface area contributed by atoms with Crippen molar-refractivity contribution in [2.24, 2.45) is 50.2 Å². The maximum absolute atomic E-state index is 13.0. The molecule has 1 aromatic rings. The fourth-order valence-electron chi connectivity index (χ4n) is 11.7. The second-order valence-corrected chi connectivity index (χ2v) is 17.4. The molecule has 44 heavy (non-hydrogen) atoms. The van der Waals surface area contributed by atoms with Crippen molar-refractivity contribution in [2.45, 2.75) is 119 Å². The normalized spacial score (nSPS) is 42.2. The first-order valence-electron chi connectivity index (χ1n) is 17.1. The van der Waals surface area contributed by atoms with Gasteiger partial charge in [-0.3, -0.25) is 0 Å². The quantitative estimate of drug-likeness (QED) is 0.118. The third-order valence-corrected chi connectivity index (χ3v) is 14.5. The molecule has 0 spiro atoms. The summed E-state index contributed by atoms with van der Waals surface area (Å²) in [6.45, 7) is 17.1.